The van der Waals surface area contributed by atoms with Crippen molar-refractivity contribution in [3.63, 3.8) is 0 Å². The van der Waals surface area contributed by atoms with Gasteiger partial charge in [-0.2, -0.15) is 0 Å². The molecule has 7 nitrogen and oxygen atoms in total. The molecular weight excluding hydrogens is 320 g/mol. The van der Waals surface area contributed by atoms with E-state index in [1.165, 1.54) is 6.07 Å². The van der Waals surface area contributed by atoms with Crippen molar-refractivity contribution in [2.24, 2.45) is 0 Å². The summed E-state index contributed by atoms with van der Waals surface area (Å²) in [6, 6.07) is 4.44. The Balaban J connectivity index is 1.93. The molecule has 2 aromatic rings. The molecule has 0 saturated carbocycles. The van der Waals surface area contributed by atoms with E-state index in [0.29, 0.717) is 11.3 Å². The van der Waals surface area contributed by atoms with E-state index >= 15 is 0 Å². The molecule has 8 heteroatoms. The second-order valence-corrected chi connectivity index (χ2v) is 5.57. The second kappa shape index (κ2) is 6.49. The number of anilines is 1. The Morgan fingerprint density at radius 2 is 2.30 bits per heavy atom. The molecule has 2 aromatic heterocycles. The monoisotopic (exact) mass is 334 g/mol. The highest BCUT2D eigenvalue weighted by molar-refractivity contribution is 6.30. The molecule has 0 bridgehead atoms. The molecule has 0 aliphatic carbocycles. The quantitative estimate of drug-likeness (QED) is 0.718. The highest BCUT2D eigenvalue weighted by Gasteiger charge is 2.29. The van der Waals surface area contributed by atoms with Crippen LogP contribution in [0.3, 0.4) is 0 Å². The van der Waals surface area contributed by atoms with E-state index in [4.69, 9.17) is 22.1 Å². The maximum absolute atomic E-state index is 12.4. The molecule has 0 unspecified atom stereocenters. The number of carbonyl (C=O) groups is 1. The number of pyridine rings is 2. The summed E-state index contributed by atoms with van der Waals surface area (Å²) >= 11 is 6.02. The summed E-state index contributed by atoms with van der Waals surface area (Å²) in [6.07, 6.45) is 2.47. The first-order valence-corrected chi connectivity index (χ1v) is 7.37. The van der Waals surface area contributed by atoms with Gasteiger partial charge in [-0.15, -0.1) is 0 Å². The lowest BCUT2D eigenvalue weighted by molar-refractivity contribution is 0.0887. The van der Waals surface area contributed by atoms with E-state index < -0.39 is 18.1 Å². The largest absolute Gasteiger partial charge is 0.396 e. The SMILES string of the molecule is Nc1c(C(=O)N[C@@H]2COC[C@H]2O)cc(Cl)nc1-c1cccnc1. The predicted molar refractivity (Wildman–Crippen MR) is 85.0 cm³/mol. The summed E-state index contributed by atoms with van der Waals surface area (Å²) in [5, 5.41) is 12.6. The lowest BCUT2D eigenvalue weighted by atomic mass is 10.1. The van der Waals surface area contributed by atoms with Gasteiger partial charge in [-0.1, -0.05) is 11.6 Å². The van der Waals surface area contributed by atoms with Gasteiger partial charge in [0.25, 0.3) is 5.91 Å². The standard InChI is InChI=1S/C15H15ClN4O3/c16-12-4-9(15(22)19-10-6-23-7-11(10)21)13(17)14(20-12)8-2-1-3-18-5-8/h1-5,10-11,21H,6-7,17H2,(H,19,22)/t10-,11-/m1/s1. The van der Waals surface area contributed by atoms with Crippen LogP contribution in [0.15, 0.2) is 30.6 Å². The smallest absolute Gasteiger partial charge is 0.253 e. The fourth-order valence-corrected chi connectivity index (χ4v) is 2.56. The van der Waals surface area contributed by atoms with Crippen molar-refractivity contribution in [3.8, 4) is 11.3 Å². The molecule has 0 spiro atoms. The highest BCUT2D eigenvalue weighted by atomic mass is 35.5. The molecule has 3 heterocycles. The number of halogens is 1. The van der Waals surface area contributed by atoms with Crippen LogP contribution in [-0.4, -0.2) is 46.3 Å². The lowest BCUT2D eigenvalue weighted by Gasteiger charge is -2.16. The van der Waals surface area contributed by atoms with Gasteiger partial charge < -0.3 is 20.9 Å². The van der Waals surface area contributed by atoms with Gasteiger partial charge in [0, 0.05) is 18.0 Å². The number of nitrogen functional groups attached to an aromatic ring is 1. The Morgan fingerprint density at radius 3 is 2.96 bits per heavy atom. The normalized spacial score (nSPS) is 20.4. The molecular formula is C15H15ClN4O3. The number of ether oxygens (including phenoxy) is 1. The zero-order valence-electron chi connectivity index (χ0n) is 12.1. The van der Waals surface area contributed by atoms with Crippen LogP contribution in [0.2, 0.25) is 5.15 Å². The number of aliphatic hydroxyl groups is 1. The Kier molecular flexibility index (Phi) is 4.42. The number of amides is 1. The Hall–Kier alpha value is -2.22. The van der Waals surface area contributed by atoms with Gasteiger partial charge in [-0.3, -0.25) is 9.78 Å². The molecule has 0 radical (unpaired) electrons. The van der Waals surface area contributed by atoms with E-state index in [0.717, 1.165) is 0 Å². The lowest BCUT2D eigenvalue weighted by Crippen LogP contribution is -2.42. The average molecular weight is 335 g/mol. The van der Waals surface area contributed by atoms with Crippen molar-refractivity contribution >= 4 is 23.2 Å². The fraction of sp³-hybridized carbons (Fsp3) is 0.267. The summed E-state index contributed by atoms with van der Waals surface area (Å²) in [7, 11) is 0. The van der Waals surface area contributed by atoms with Gasteiger partial charge in [0.15, 0.2) is 0 Å². The number of aromatic nitrogens is 2. The van der Waals surface area contributed by atoms with Crippen LogP contribution >= 0.6 is 11.6 Å². The van der Waals surface area contributed by atoms with Crippen molar-refractivity contribution in [2.75, 3.05) is 18.9 Å². The van der Waals surface area contributed by atoms with Crippen molar-refractivity contribution in [2.45, 2.75) is 12.1 Å². The molecule has 3 rings (SSSR count). The van der Waals surface area contributed by atoms with Gasteiger partial charge in [0.1, 0.15) is 5.15 Å². The average Bonchev–Trinajstić information content (AvgIpc) is 2.95. The zero-order valence-corrected chi connectivity index (χ0v) is 12.8. The van der Waals surface area contributed by atoms with Crippen LogP contribution < -0.4 is 11.1 Å². The summed E-state index contributed by atoms with van der Waals surface area (Å²) in [6.45, 7) is 0.444. The predicted octanol–water partition coefficient (Wildman–Crippen LogP) is 0.869. The van der Waals surface area contributed by atoms with Gasteiger partial charge in [-0.05, 0) is 18.2 Å². The third kappa shape index (κ3) is 3.26. The van der Waals surface area contributed by atoms with E-state index in [9.17, 15) is 9.90 Å². The molecule has 4 N–H and O–H groups in total. The molecule has 1 fully saturated rings. The molecule has 0 aromatic carbocycles. The van der Waals surface area contributed by atoms with Crippen LogP contribution in [0, 0.1) is 0 Å². The van der Waals surface area contributed by atoms with Crippen LogP contribution in [0.5, 0.6) is 0 Å². The van der Waals surface area contributed by atoms with Crippen LogP contribution in [0.4, 0.5) is 5.69 Å². The number of rotatable bonds is 3. The molecule has 1 amide bonds. The Morgan fingerprint density at radius 1 is 1.48 bits per heavy atom. The van der Waals surface area contributed by atoms with Gasteiger partial charge in [-0.25, -0.2) is 4.98 Å². The van der Waals surface area contributed by atoms with E-state index in [1.807, 2.05) is 0 Å². The second-order valence-electron chi connectivity index (χ2n) is 5.18. The van der Waals surface area contributed by atoms with Crippen molar-refractivity contribution in [3.05, 3.63) is 41.3 Å². The highest BCUT2D eigenvalue weighted by Crippen LogP contribution is 2.28. The minimum atomic E-state index is -0.740. The van der Waals surface area contributed by atoms with Crippen molar-refractivity contribution in [1.29, 1.82) is 0 Å². The molecule has 2 atom stereocenters. The van der Waals surface area contributed by atoms with Gasteiger partial charge in [0.05, 0.1) is 42.3 Å². The molecule has 1 saturated heterocycles. The molecule has 1 aliphatic heterocycles. The number of hydrogen-bond donors (Lipinski definition) is 3. The fourth-order valence-electron chi connectivity index (χ4n) is 2.36. The first kappa shape index (κ1) is 15.7. The van der Waals surface area contributed by atoms with Gasteiger partial charge >= 0.3 is 0 Å². The van der Waals surface area contributed by atoms with E-state index in [-0.39, 0.29) is 29.6 Å². The number of nitrogens with two attached hydrogens (primary N) is 1. The van der Waals surface area contributed by atoms with Crippen molar-refractivity contribution < 1.29 is 14.6 Å². The minimum absolute atomic E-state index is 0.145. The number of hydrogen-bond acceptors (Lipinski definition) is 6. The number of nitrogens with one attached hydrogen (secondary N) is 1. The van der Waals surface area contributed by atoms with E-state index in [1.54, 1.807) is 24.5 Å². The number of nitrogens with zero attached hydrogens (tertiary/aromatic N) is 2. The van der Waals surface area contributed by atoms with E-state index in [2.05, 4.69) is 15.3 Å². The first-order valence-electron chi connectivity index (χ1n) is 6.99. The minimum Gasteiger partial charge on any atom is -0.396 e. The Bertz CT molecular complexity index is 726. The van der Waals surface area contributed by atoms with Gasteiger partial charge in [0.2, 0.25) is 0 Å². The van der Waals surface area contributed by atoms with Crippen LogP contribution in [0.25, 0.3) is 11.3 Å². The summed E-state index contributed by atoms with van der Waals surface area (Å²) < 4.78 is 5.11. The Labute approximate surface area is 137 Å². The molecule has 120 valence electrons. The maximum Gasteiger partial charge on any atom is 0.253 e. The number of carbonyl (C=O) groups excluding carboxylic acids is 1. The zero-order chi connectivity index (χ0) is 16.4. The topological polar surface area (TPSA) is 110 Å². The maximum atomic E-state index is 12.4. The summed E-state index contributed by atoms with van der Waals surface area (Å²) in [4.78, 5) is 20.6. The van der Waals surface area contributed by atoms with Crippen molar-refractivity contribution in [1.82, 2.24) is 15.3 Å². The third-order valence-corrected chi connectivity index (χ3v) is 3.77. The molecule has 23 heavy (non-hydrogen) atoms. The first-order chi connectivity index (χ1) is 11.1. The molecule has 1 aliphatic rings. The van der Waals surface area contributed by atoms with Crippen LogP contribution in [-0.2, 0) is 4.74 Å². The van der Waals surface area contributed by atoms with Crippen LogP contribution in [0.1, 0.15) is 10.4 Å². The summed E-state index contributed by atoms with van der Waals surface area (Å²) in [5.41, 5.74) is 7.54. The summed E-state index contributed by atoms with van der Waals surface area (Å²) in [5.74, 6) is -0.438. The third-order valence-electron chi connectivity index (χ3n) is 3.57. The number of aliphatic hydroxyl groups excluding tert-OH is 1.